The lowest BCUT2D eigenvalue weighted by atomic mass is 9.72. The van der Waals surface area contributed by atoms with Crippen LogP contribution in [0.25, 0.3) is 0 Å². The lowest BCUT2D eigenvalue weighted by Crippen LogP contribution is -2.32. The van der Waals surface area contributed by atoms with E-state index in [1.807, 2.05) is 0 Å². The Balaban J connectivity index is 1.86. The maximum absolute atomic E-state index is 2.59. The average Bonchev–Trinajstić information content (AvgIpc) is 2.59. The fraction of sp³-hybridized carbons (Fsp3) is 1.00. The Bertz CT molecular complexity index is 213. The van der Waals surface area contributed by atoms with Crippen LogP contribution in [0.5, 0.6) is 0 Å². The van der Waals surface area contributed by atoms with Crippen LogP contribution in [0.4, 0.5) is 0 Å². The number of fused-ring (bicyclic) bond motifs is 4. The lowest BCUT2D eigenvalue weighted by Gasteiger charge is -2.33. The first-order valence-electron chi connectivity index (χ1n) is 5.96. The van der Waals surface area contributed by atoms with Crippen molar-refractivity contribution < 1.29 is 0 Å². The van der Waals surface area contributed by atoms with E-state index in [4.69, 9.17) is 0 Å². The number of rotatable bonds is 0. The van der Waals surface area contributed by atoms with E-state index in [1.165, 1.54) is 6.54 Å². The van der Waals surface area contributed by atoms with Gasteiger partial charge in [-0.2, -0.15) is 0 Å². The maximum Gasteiger partial charge on any atom is 0.00980 e. The molecule has 2 aliphatic carbocycles. The van der Waals surface area contributed by atoms with E-state index in [2.05, 4.69) is 18.9 Å². The van der Waals surface area contributed by atoms with Crippen molar-refractivity contribution in [3.8, 4) is 0 Å². The van der Waals surface area contributed by atoms with Crippen molar-refractivity contribution >= 4 is 0 Å². The molecule has 0 spiro atoms. The van der Waals surface area contributed by atoms with Crippen LogP contribution in [0.15, 0.2) is 0 Å². The highest BCUT2D eigenvalue weighted by molar-refractivity contribution is 5.00. The standard InChI is InChI=1S/C12H21N/c1-8-12-10-4-3-9(5-10)6-11(12)7-13(8)2/h8-12H,3-7H2,1-2H3/t8?,9?,10?,11-,12-/m0/s1. The fourth-order valence-electron chi connectivity index (χ4n) is 4.46. The molecule has 1 nitrogen and oxygen atoms in total. The summed E-state index contributed by atoms with van der Waals surface area (Å²) in [6.07, 6.45) is 6.22. The van der Waals surface area contributed by atoms with Crippen LogP contribution < -0.4 is 0 Å². The molecule has 1 heterocycles. The van der Waals surface area contributed by atoms with Gasteiger partial charge in [0.1, 0.15) is 0 Å². The zero-order valence-corrected chi connectivity index (χ0v) is 8.87. The van der Waals surface area contributed by atoms with E-state index >= 15 is 0 Å². The summed E-state index contributed by atoms with van der Waals surface area (Å²) in [5, 5.41) is 0. The first-order valence-corrected chi connectivity index (χ1v) is 5.96. The third-order valence-electron chi connectivity index (χ3n) is 5.08. The maximum atomic E-state index is 2.59. The molecule has 2 bridgehead atoms. The van der Waals surface area contributed by atoms with E-state index in [-0.39, 0.29) is 0 Å². The highest BCUT2D eigenvalue weighted by Crippen LogP contribution is 2.52. The van der Waals surface area contributed by atoms with Gasteiger partial charge in [0.2, 0.25) is 0 Å². The van der Waals surface area contributed by atoms with Crippen LogP contribution in [0.3, 0.4) is 0 Å². The summed E-state index contributed by atoms with van der Waals surface area (Å²) in [4.78, 5) is 2.59. The van der Waals surface area contributed by atoms with Gasteiger partial charge in [-0.15, -0.1) is 0 Å². The summed E-state index contributed by atoms with van der Waals surface area (Å²) in [6, 6.07) is 0.869. The van der Waals surface area contributed by atoms with Crippen molar-refractivity contribution in [2.75, 3.05) is 13.6 Å². The minimum Gasteiger partial charge on any atom is -0.303 e. The van der Waals surface area contributed by atoms with E-state index in [9.17, 15) is 0 Å². The number of hydrogen-bond acceptors (Lipinski definition) is 1. The van der Waals surface area contributed by atoms with Crippen LogP contribution in [0, 0.1) is 23.7 Å². The van der Waals surface area contributed by atoms with E-state index in [0.29, 0.717) is 0 Å². The average molecular weight is 179 g/mol. The van der Waals surface area contributed by atoms with Crippen LogP contribution >= 0.6 is 0 Å². The van der Waals surface area contributed by atoms with Crippen molar-refractivity contribution in [2.24, 2.45) is 23.7 Å². The summed E-state index contributed by atoms with van der Waals surface area (Å²) < 4.78 is 0. The first-order chi connectivity index (χ1) is 6.25. The summed E-state index contributed by atoms with van der Waals surface area (Å²) in [5.74, 6) is 4.34. The SMILES string of the molecule is CC1[C@H]2C3CCC(C3)C[C@H]2CN1C. The topological polar surface area (TPSA) is 3.24 Å². The van der Waals surface area contributed by atoms with Crippen molar-refractivity contribution in [2.45, 2.75) is 38.6 Å². The molecule has 1 saturated heterocycles. The second-order valence-corrected chi connectivity index (χ2v) is 5.69. The molecule has 3 rings (SSSR count). The molecule has 5 atom stereocenters. The molecule has 0 amide bonds. The molecular weight excluding hydrogens is 158 g/mol. The Morgan fingerprint density at radius 2 is 1.85 bits per heavy atom. The second kappa shape index (κ2) is 2.73. The molecule has 0 radical (unpaired) electrons. The molecule has 3 unspecified atom stereocenters. The number of hydrogen-bond donors (Lipinski definition) is 0. The Morgan fingerprint density at radius 3 is 2.69 bits per heavy atom. The summed E-state index contributed by atoms with van der Waals surface area (Å²) in [5.41, 5.74) is 0. The number of likely N-dealkylation sites (tertiary alicyclic amines) is 1. The number of nitrogens with zero attached hydrogens (tertiary/aromatic N) is 1. The van der Waals surface area contributed by atoms with Gasteiger partial charge in [-0.05, 0) is 56.9 Å². The van der Waals surface area contributed by atoms with Crippen LogP contribution in [-0.2, 0) is 0 Å². The van der Waals surface area contributed by atoms with E-state index in [0.717, 1.165) is 29.7 Å². The second-order valence-electron chi connectivity index (χ2n) is 5.69. The Morgan fingerprint density at radius 1 is 1.08 bits per heavy atom. The summed E-state index contributed by atoms with van der Waals surface area (Å²) in [7, 11) is 2.32. The van der Waals surface area contributed by atoms with Crippen molar-refractivity contribution in [3.05, 3.63) is 0 Å². The van der Waals surface area contributed by atoms with Crippen LogP contribution in [0.1, 0.15) is 32.6 Å². The molecule has 0 aromatic heterocycles. The fourth-order valence-corrected chi connectivity index (χ4v) is 4.46. The molecule has 1 heteroatoms. The lowest BCUT2D eigenvalue weighted by molar-refractivity contribution is 0.172. The molecule has 2 saturated carbocycles. The normalized spacial score (nSPS) is 55.4. The van der Waals surface area contributed by atoms with Gasteiger partial charge in [0.05, 0.1) is 0 Å². The Labute approximate surface area is 81.5 Å². The van der Waals surface area contributed by atoms with Gasteiger partial charge in [-0.25, -0.2) is 0 Å². The smallest absolute Gasteiger partial charge is 0.00980 e. The molecule has 3 fully saturated rings. The quantitative estimate of drug-likeness (QED) is 0.552. The first kappa shape index (κ1) is 8.28. The van der Waals surface area contributed by atoms with Crippen LogP contribution in [-0.4, -0.2) is 24.5 Å². The van der Waals surface area contributed by atoms with Crippen molar-refractivity contribution in [3.63, 3.8) is 0 Å². The van der Waals surface area contributed by atoms with Gasteiger partial charge in [0.25, 0.3) is 0 Å². The molecule has 3 aliphatic rings. The van der Waals surface area contributed by atoms with Gasteiger partial charge < -0.3 is 4.90 Å². The van der Waals surface area contributed by atoms with Crippen LogP contribution in [0.2, 0.25) is 0 Å². The largest absolute Gasteiger partial charge is 0.303 e. The Kier molecular flexibility index (Phi) is 1.74. The van der Waals surface area contributed by atoms with Crippen molar-refractivity contribution in [1.82, 2.24) is 4.90 Å². The van der Waals surface area contributed by atoms with E-state index < -0.39 is 0 Å². The molecule has 74 valence electrons. The Hall–Kier alpha value is -0.0400. The molecule has 13 heavy (non-hydrogen) atoms. The third-order valence-corrected chi connectivity index (χ3v) is 5.08. The monoisotopic (exact) mass is 179 g/mol. The molecule has 1 aliphatic heterocycles. The summed E-state index contributed by atoms with van der Waals surface area (Å²) in [6.45, 7) is 3.84. The van der Waals surface area contributed by atoms with Gasteiger partial charge in [0.15, 0.2) is 0 Å². The molecule has 0 aromatic carbocycles. The van der Waals surface area contributed by atoms with Gasteiger partial charge >= 0.3 is 0 Å². The molecule has 0 N–H and O–H groups in total. The predicted octanol–water partition coefficient (Wildman–Crippen LogP) is 2.37. The minimum atomic E-state index is 0.869. The molecular formula is C12H21N. The van der Waals surface area contributed by atoms with Crippen molar-refractivity contribution in [1.29, 1.82) is 0 Å². The van der Waals surface area contributed by atoms with Gasteiger partial charge in [-0.1, -0.05) is 6.42 Å². The minimum absolute atomic E-state index is 0.869. The third kappa shape index (κ3) is 1.09. The highest BCUT2D eigenvalue weighted by atomic mass is 15.2. The summed E-state index contributed by atoms with van der Waals surface area (Å²) >= 11 is 0. The van der Waals surface area contributed by atoms with Gasteiger partial charge in [-0.3, -0.25) is 0 Å². The zero-order valence-electron chi connectivity index (χ0n) is 8.87. The van der Waals surface area contributed by atoms with E-state index in [1.54, 1.807) is 25.7 Å². The zero-order chi connectivity index (χ0) is 9.00. The van der Waals surface area contributed by atoms with Gasteiger partial charge in [0, 0.05) is 12.6 Å². The highest BCUT2D eigenvalue weighted by Gasteiger charge is 2.48. The molecule has 0 aromatic rings. The predicted molar refractivity (Wildman–Crippen MR) is 54.5 cm³/mol.